The molecule has 1 saturated carbocycles. The first-order valence-corrected chi connectivity index (χ1v) is 16.4. The Balaban J connectivity index is 1.15. The van der Waals surface area contributed by atoms with E-state index >= 15 is 0 Å². The number of hydrogen-bond acceptors (Lipinski definition) is 6. The smallest absolute Gasteiger partial charge is 0.339 e. The van der Waals surface area contributed by atoms with Crippen LogP contribution in [0.5, 0.6) is 0 Å². The zero-order chi connectivity index (χ0) is 31.5. The lowest BCUT2D eigenvalue weighted by Gasteiger charge is -2.34. The van der Waals surface area contributed by atoms with E-state index in [1.807, 2.05) is 25.1 Å². The van der Waals surface area contributed by atoms with Gasteiger partial charge in [0.15, 0.2) is 0 Å². The number of hydrogen-bond donors (Lipinski definition) is 0. The van der Waals surface area contributed by atoms with Crippen LogP contribution in [-0.4, -0.2) is 57.4 Å². The maximum absolute atomic E-state index is 14.5. The number of nitrogens with zero attached hydrogens (tertiary/aromatic N) is 5. The molecule has 236 valence electrons. The maximum atomic E-state index is 14.5. The van der Waals surface area contributed by atoms with Gasteiger partial charge < -0.3 is 9.80 Å². The molecule has 0 radical (unpaired) electrons. The predicted octanol–water partition coefficient (Wildman–Crippen LogP) is 6.57. The van der Waals surface area contributed by atoms with Gasteiger partial charge in [-0.05, 0) is 104 Å². The van der Waals surface area contributed by atoms with Crippen molar-refractivity contribution in [3.8, 4) is 0 Å². The van der Waals surface area contributed by atoms with Gasteiger partial charge in [-0.1, -0.05) is 29.6 Å². The summed E-state index contributed by atoms with van der Waals surface area (Å²) in [4.78, 5) is 32.5. The fourth-order valence-corrected chi connectivity index (χ4v) is 8.38. The molecule has 3 fully saturated rings. The maximum Gasteiger partial charge on any atom is 0.416 e. The highest BCUT2D eigenvalue weighted by molar-refractivity contribution is 7.05. The van der Waals surface area contributed by atoms with Gasteiger partial charge in [0.25, 0.3) is 5.91 Å². The summed E-state index contributed by atoms with van der Waals surface area (Å²) in [6.45, 7) is 8.54. The molecule has 3 aromatic rings. The summed E-state index contributed by atoms with van der Waals surface area (Å²) in [7, 11) is 0. The molecule has 1 aliphatic carbocycles. The van der Waals surface area contributed by atoms with Gasteiger partial charge in [0.2, 0.25) is 5.91 Å². The van der Waals surface area contributed by atoms with Crippen molar-refractivity contribution < 1.29 is 22.8 Å². The summed E-state index contributed by atoms with van der Waals surface area (Å²) in [5.41, 5.74) is 2.40. The van der Waals surface area contributed by atoms with Gasteiger partial charge in [-0.15, -0.1) is 5.10 Å². The number of fused-ring (bicyclic) bond motifs is 1. The zero-order valence-corrected chi connectivity index (χ0v) is 26.1. The van der Waals surface area contributed by atoms with Crippen molar-refractivity contribution in [1.82, 2.24) is 19.4 Å². The average molecular weight is 636 g/mol. The molecule has 0 N–H and O–H groups in total. The molecule has 7 rings (SSSR count). The van der Waals surface area contributed by atoms with Gasteiger partial charge >= 0.3 is 6.18 Å². The zero-order valence-electron chi connectivity index (χ0n) is 25.3. The summed E-state index contributed by atoms with van der Waals surface area (Å²) < 4.78 is 47.6. The molecule has 2 saturated heterocycles. The van der Waals surface area contributed by atoms with Crippen LogP contribution < -0.4 is 4.90 Å². The fourth-order valence-electron chi connectivity index (χ4n) is 7.86. The van der Waals surface area contributed by atoms with Crippen molar-refractivity contribution in [3.63, 3.8) is 0 Å². The Morgan fingerprint density at radius 2 is 1.98 bits per heavy atom. The number of carbonyl (C=O) groups excluding carboxylic acids is 2. The molecular weight excluding hydrogens is 599 g/mol. The van der Waals surface area contributed by atoms with Crippen molar-refractivity contribution in [1.29, 1.82) is 0 Å². The Bertz CT molecular complexity index is 1670. The predicted molar refractivity (Wildman–Crippen MR) is 166 cm³/mol. The van der Waals surface area contributed by atoms with Crippen molar-refractivity contribution in [2.45, 2.75) is 64.2 Å². The van der Waals surface area contributed by atoms with Crippen LogP contribution in [0.3, 0.4) is 0 Å². The van der Waals surface area contributed by atoms with Crippen LogP contribution in [-0.2, 0) is 24.1 Å². The van der Waals surface area contributed by atoms with Gasteiger partial charge in [0, 0.05) is 53.6 Å². The topological polar surface area (TPSA) is 69.6 Å². The number of anilines is 1. The van der Waals surface area contributed by atoms with E-state index in [-0.39, 0.29) is 34.9 Å². The first-order valence-electron chi connectivity index (χ1n) is 15.6. The van der Waals surface area contributed by atoms with E-state index in [4.69, 9.17) is 0 Å². The van der Waals surface area contributed by atoms with E-state index in [1.165, 1.54) is 28.6 Å². The Hall–Kier alpha value is -3.57. The second kappa shape index (κ2) is 11.3. The highest BCUT2D eigenvalue weighted by Crippen LogP contribution is 2.46. The lowest BCUT2D eigenvalue weighted by Crippen LogP contribution is -2.33. The van der Waals surface area contributed by atoms with Crippen LogP contribution >= 0.6 is 11.5 Å². The monoisotopic (exact) mass is 635 g/mol. The highest BCUT2D eigenvalue weighted by atomic mass is 32.1. The SMILES string of the molecule is C=CC(=O)N1CC[C@]2(CCN(Cc3cc4c(c(C(F)(F)F)c3)CN(c3cccc([C@H](c5nnsc5C)C5CCC5)c3)C4=O)C2)C1. The molecule has 45 heavy (non-hydrogen) atoms. The van der Waals surface area contributed by atoms with Crippen molar-refractivity contribution >= 4 is 29.0 Å². The third-order valence-electron chi connectivity index (χ3n) is 10.4. The number of likely N-dealkylation sites (tertiary alicyclic amines) is 2. The van der Waals surface area contributed by atoms with E-state index < -0.39 is 17.6 Å². The second-order valence-corrected chi connectivity index (χ2v) is 14.2. The summed E-state index contributed by atoms with van der Waals surface area (Å²) in [5, 5.41) is 4.44. The molecule has 3 aliphatic heterocycles. The van der Waals surface area contributed by atoms with E-state index in [9.17, 15) is 22.8 Å². The molecular formula is C34H36F3N5O2S. The van der Waals surface area contributed by atoms with Crippen LogP contribution in [0.1, 0.15) is 81.2 Å². The number of benzene rings is 2. The molecule has 2 amide bonds. The molecule has 0 bridgehead atoms. The number of alkyl halides is 3. The van der Waals surface area contributed by atoms with Crippen molar-refractivity contribution in [3.05, 3.63) is 87.4 Å². The van der Waals surface area contributed by atoms with E-state index in [2.05, 4.69) is 21.1 Å². The highest BCUT2D eigenvalue weighted by Gasteiger charge is 2.45. The molecule has 0 unspecified atom stereocenters. The van der Waals surface area contributed by atoms with E-state index in [0.717, 1.165) is 54.8 Å². The van der Waals surface area contributed by atoms with Crippen molar-refractivity contribution in [2.75, 3.05) is 31.1 Å². The molecule has 1 aromatic heterocycles. The minimum Gasteiger partial charge on any atom is -0.339 e. The molecule has 7 nitrogen and oxygen atoms in total. The second-order valence-electron chi connectivity index (χ2n) is 13.2. The molecule has 4 aliphatic rings. The van der Waals surface area contributed by atoms with Gasteiger partial charge in [0.1, 0.15) is 0 Å². The minimum atomic E-state index is -4.59. The van der Waals surface area contributed by atoms with Crippen LogP contribution in [0.15, 0.2) is 49.1 Å². The van der Waals surface area contributed by atoms with Crippen LogP contribution in [0.2, 0.25) is 0 Å². The number of aryl methyl sites for hydroxylation is 1. The first-order chi connectivity index (χ1) is 21.5. The Labute approximate surface area is 264 Å². The first kappa shape index (κ1) is 30.1. The summed E-state index contributed by atoms with van der Waals surface area (Å²) in [6.07, 6.45) is 1.82. The number of carbonyl (C=O) groups is 2. The molecule has 11 heteroatoms. The van der Waals surface area contributed by atoms with Gasteiger partial charge in [0.05, 0.1) is 17.8 Å². The minimum absolute atomic E-state index is 0.0315. The van der Waals surface area contributed by atoms with Crippen LogP contribution in [0.4, 0.5) is 18.9 Å². The number of halogens is 3. The molecule has 4 heterocycles. The quantitative estimate of drug-likeness (QED) is 0.275. The fraction of sp³-hybridized carbons (Fsp3) is 0.471. The van der Waals surface area contributed by atoms with Crippen LogP contribution in [0, 0.1) is 18.3 Å². The summed E-state index contributed by atoms with van der Waals surface area (Å²) in [5.74, 6) is -0.0247. The normalized spacial score (nSPS) is 22.7. The number of aromatic nitrogens is 2. The lowest BCUT2D eigenvalue weighted by molar-refractivity contribution is -0.138. The third-order valence-corrected chi connectivity index (χ3v) is 11.0. The summed E-state index contributed by atoms with van der Waals surface area (Å²) in [6, 6.07) is 10.5. The molecule has 1 spiro atoms. The Morgan fingerprint density at radius 1 is 1.18 bits per heavy atom. The number of rotatable bonds is 7. The van der Waals surface area contributed by atoms with E-state index in [0.29, 0.717) is 43.3 Å². The largest absolute Gasteiger partial charge is 0.416 e. The lowest BCUT2D eigenvalue weighted by atomic mass is 9.71. The van der Waals surface area contributed by atoms with Crippen molar-refractivity contribution in [2.24, 2.45) is 11.3 Å². The third kappa shape index (κ3) is 5.48. The average Bonchev–Trinajstić information content (AvgIpc) is 3.78. The Morgan fingerprint density at radius 3 is 2.67 bits per heavy atom. The Kier molecular flexibility index (Phi) is 7.59. The van der Waals surface area contributed by atoms with Crippen LogP contribution in [0.25, 0.3) is 0 Å². The van der Waals surface area contributed by atoms with Gasteiger partial charge in [-0.25, -0.2) is 0 Å². The molecule has 2 aromatic carbocycles. The standard InChI is InChI=1S/C34H36F3N5O2S/c1-3-29(43)41-13-11-33(20-41)10-12-40(19-33)17-22-14-26-27(28(15-22)34(35,36)37)18-42(32(26)44)25-9-5-8-24(16-25)30(23-6-4-7-23)31-21(2)45-39-38-31/h3,5,8-9,14-16,23,30H,1,4,6-7,10-13,17-20H2,2H3/t30-,33+/m1/s1. The molecule has 2 atom stereocenters. The van der Waals surface area contributed by atoms with Gasteiger partial charge in [-0.3, -0.25) is 14.5 Å². The summed E-state index contributed by atoms with van der Waals surface area (Å²) >= 11 is 1.37. The van der Waals surface area contributed by atoms with Gasteiger partial charge in [-0.2, -0.15) is 13.2 Å². The van der Waals surface area contributed by atoms with E-state index in [1.54, 1.807) is 17.0 Å². The number of amides is 2.